The Morgan fingerprint density at radius 3 is 2.27 bits per heavy atom. The summed E-state index contributed by atoms with van der Waals surface area (Å²) in [6, 6.07) is 3.21. The number of alkyl halides is 6. The molecule has 1 aliphatic rings. The van der Waals surface area contributed by atoms with Gasteiger partial charge in [0.2, 0.25) is 11.9 Å². The Balaban J connectivity index is 1.92. The summed E-state index contributed by atoms with van der Waals surface area (Å²) in [6.07, 6.45) is -6.01. The van der Waals surface area contributed by atoms with Crippen molar-refractivity contribution in [3.05, 3.63) is 47.9 Å². The van der Waals surface area contributed by atoms with E-state index in [1.54, 1.807) is 0 Å². The number of anilines is 2. The minimum absolute atomic E-state index is 0.00491. The lowest BCUT2D eigenvalue weighted by Crippen LogP contribution is -2.35. The number of halogens is 6. The number of nitrogens with one attached hydrogen (secondary N) is 2. The summed E-state index contributed by atoms with van der Waals surface area (Å²) in [7, 11) is 0. The van der Waals surface area contributed by atoms with Gasteiger partial charge in [0.05, 0.1) is 5.60 Å². The van der Waals surface area contributed by atoms with Gasteiger partial charge in [0.15, 0.2) is 5.82 Å². The second kappa shape index (κ2) is 8.84. The quantitative estimate of drug-likeness (QED) is 0.429. The van der Waals surface area contributed by atoms with Crippen molar-refractivity contribution in [1.82, 2.24) is 24.8 Å². The van der Waals surface area contributed by atoms with Crippen molar-refractivity contribution in [3.8, 4) is 11.5 Å². The molecule has 0 saturated carbocycles. The number of pyridine rings is 1. The van der Waals surface area contributed by atoms with Gasteiger partial charge in [-0.25, -0.2) is 4.98 Å². The monoisotopic (exact) mass is 475 g/mol. The molecule has 3 heterocycles. The molecule has 2 aromatic rings. The Bertz CT molecular complexity index is 1060. The van der Waals surface area contributed by atoms with Crippen molar-refractivity contribution in [2.45, 2.75) is 31.9 Å². The lowest BCUT2D eigenvalue weighted by atomic mass is 10.1. The molecule has 0 radical (unpaired) electrons. The van der Waals surface area contributed by atoms with Crippen molar-refractivity contribution in [1.29, 1.82) is 0 Å². The zero-order chi connectivity index (χ0) is 24.4. The summed E-state index contributed by atoms with van der Waals surface area (Å²) in [5.41, 5.74) is -2.27. The maximum Gasteiger partial charge on any atom is 0.484 e. The number of aromatic nitrogens is 4. The van der Waals surface area contributed by atoms with Crippen LogP contribution in [0.5, 0.6) is 0 Å². The van der Waals surface area contributed by atoms with Crippen LogP contribution >= 0.6 is 0 Å². The molecule has 2 aromatic heterocycles. The molecule has 0 aliphatic carbocycles. The van der Waals surface area contributed by atoms with Gasteiger partial charge in [-0.05, 0) is 38.1 Å². The fraction of sp³-hybridized carbons (Fsp3) is 0.368. The lowest BCUT2D eigenvalue weighted by Gasteiger charge is -2.24. The highest BCUT2D eigenvalue weighted by molar-refractivity contribution is 5.55. The smallest absolute Gasteiger partial charge is 0.389 e. The second-order valence-electron chi connectivity index (χ2n) is 7.60. The van der Waals surface area contributed by atoms with E-state index in [2.05, 4.69) is 30.6 Å². The van der Waals surface area contributed by atoms with Gasteiger partial charge in [0.1, 0.15) is 11.4 Å². The molecule has 8 nitrogen and oxygen atoms in total. The minimum atomic E-state index is -4.69. The summed E-state index contributed by atoms with van der Waals surface area (Å²) >= 11 is 0. The van der Waals surface area contributed by atoms with Crippen LogP contribution in [0.3, 0.4) is 0 Å². The maximum atomic E-state index is 13.1. The Kier molecular flexibility index (Phi) is 6.49. The van der Waals surface area contributed by atoms with Crippen LogP contribution in [0.1, 0.15) is 19.5 Å². The third-order valence-electron chi connectivity index (χ3n) is 4.11. The van der Waals surface area contributed by atoms with E-state index in [-0.39, 0.29) is 40.6 Å². The third-order valence-corrected chi connectivity index (χ3v) is 4.11. The molecule has 0 fully saturated rings. The molecular formula is C19H19F6N7O. The number of hydrogen-bond donors (Lipinski definition) is 3. The Hall–Kier alpha value is -3.42. The van der Waals surface area contributed by atoms with E-state index in [1.807, 2.05) is 0 Å². The molecule has 3 rings (SSSR count). The molecule has 1 aliphatic heterocycles. The summed E-state index contributed by atoms with van der Waals surface area (Å²) in [4.78, 5) is 15.9. The van der Waals surface area contributed by atoms with Gasteiger partial charge < -0.3 is 15.7 Å². The number of hydrogen-bond acceptors (Lipinski definition) is 8. The van der Waals surface area contributed by atoms with Crippen LogP contribution in [0.25, 0.3) is 11.5 Å². The van der Waals surface area contributed by atoms with E-state index in [4.69, 9.17) is 0 Å². The van der Waals surface area contributed by atoms with Gasteiger partial charge in [-0.2, -0.15) is 41.3 Å². The standard InChI is InChI=1S/C19H19F6N7O/c1-17(2,33)10-26-15-29-14(12-4-3-5-13(28-12)18(20,21)22)30-16(31-15)27-11-6-8-32(9-7-11)19(23,24)25/h3-8,33H,9-10H2,1-2H3,(H2,26,27,29,30,31). The van der Waals surface area contributed by atoms with E-state index >= 15 is 0 Å². The molecule has 33 heavy (non-hydrogen) atoms. The van der Waals surface area contributed by atoms with E-state index in [9.17, 15) is 31.4 Å². The van der Waals surface area contributed by atoms with E-state index < -0.39 is 30.3 Å². The van der Waals surface area contributed by atoms with Crippen molar-refractivity contribution in [3.63, 3.8) is 0 Å². The van der Waals surface area contributed by atoms with Crippen LogP contribution in [0.2, 0.25) is 0 Å². The van der Waals surface area contributed by atoms with E-state index in [1.165, 1.54) is 26.0 Å². The van der Waals surface area contributed by atoms with Crippen molar-refractivity contribution in [2.24, 2.45) is 0 Å². The predicted octanol–water partition coefficient (Wildman–Crippen LogP) is 3.78. The van der Waals surface area contributed by atoms with Gasteiger partial charge in [0.25, 0.3) is 0 Å². The molecular weight excluding hydrogens is 456 g/mol. The van der Waals surface area contributed by atoms with E-state index in [0.717, 1.165) is 24.4 Å². The molecule has 0 unspecified atom stereocenters. The molecule has 0 amide bonds. The summed E-state index contributed by atoms with van der Waals surface area (Å²) in [5.74, 6) is -0.441. The van der Waals surface area contributed by atoms with Gasteiger partial charge in [-0.3, -0.25) is 4.90 Å². The molecule has 0 atom stereocenters. The van der Waals surface area contributed by atoms with E-state index in [0.29, 0.717) is 0 Å². The molecule has 3 N–H and O–H groups in total. The topological polar surface area (TPSA) is 99.1 Å². The first kappa shape index (κ1) is 24.2. The van der Waals surface area contributed by atoms with Gasteiger partial charge in [0, 0.05) is 25.0 Å². The average molecular weight is 475 g/mol. The summed E-state index contributed by atoms with van der Waals surface area (Å²) < 4.78 is 77.4. The summed E-state index contributed by atoms with van der Waals surface area (Å²) in [6.45, 7) is 2.56. The number of aliphatic hydroxyl groups is 1. The fourth-order valence-electron chi connectivity index (χ4n) is 2.54. The molecule has 14 heteroatoms. The highest BCUT2D eigenvalue weighted by atomic mass is 19.4. The maximum absolute atomic E-state index is 13.1. The number of nitrogens with zero attached hydrogens (tertiary/aromatic N) is 5. The molecule has 0 saturated heterocycles. The highest BCUT2D eigenvalue weighted by Gasteiger charge is 2.35. The zero-order valence-electron chi connectivity index (χ0n) is 17.3. The first-order chi connectivity index (χ1) is 15.2. The van der Waals surface area contributed by atoms with Crippen LogP contribution in [-0.4, -0.2) is 54.9 Å². The van der Waals surface area contributed by atoms with Crippen LogP contribution in [0.15, 0.2) is 42.2 Å². The van der Waals surface area contributed by atoms with Crippen molar-refractivity contribution >= 4 is 11.9 Å². The van der Waals surface area contributed by atoms with Gasteiger partial charge >= 0.3 is 12.5 Å². The lowest BCUT2D eigenvalue weighted by molar-refractivity contribution is -0.224. The average Bonchev–Trinajstić information content (AvgIpc) is 2.71. The van der Waals surface area contributed by atoms with Crippen LogP contribution < -0.4 is 10.6 Å². The van der Waals surface area contributed by atoms with Crippen LogP contribution in [0.4, 0.5) is 38.2 Å². The van der Waals surface area contributed by atoms with Gasteiger partial charge in [-0.15, -0.1) is 0 Å². The SMILES string of the molecule is CC(C)(O)CNc1nc(NC2=CCN(C(F)(F)F)C=C2)nc(-c2cccc(C(F)(F)F)n2)n1. The highest BCUT2D eigenvalue weighted by Crippen LogP contribution is 2.29. The van der Waals surface area contributed by atoms with Crippen LogP contribution in [-0.2, 0) is 6.18 Å². The summed E-state index contributed by atoms with van der Waals surface area (Å²) in [5, 5.41) is 15.4. The predicted molar refractivity (Wildman–Crippen MR) is 106 cm³/mol. The Morgan fingerprint density at radius 2 is 1.70 bits per heavy atom. The van der Waals surface area contributed by atoms with Crippen LogP contribution in [0, 0.1) is 0 Å². The third kappa shape index (κ3) is 6.78. The molecule has 0 aromatic carbocycles. The molecule has 178 valence electrons. The number of allylic oxidation sites excluding steroid dienone is 1. The largest absolute Gasteiger partial charge is 0.484 e. The Labute approximate surface area is 184 Å². The zero-order valence-corrected chi connectivity index (χ0v) is 17.3. The fourth-order valence-corrected chi connectivity index (χ4v) is 2.54. The first-order valence-corrected chi connectivity index (χ1v) is 9.46. The second-order valence-corrected chi connectivity index (χ2v) is 7.60. The molecule has 0 spiro atoms. The first-order valence-electron chi connectivity index (χ1n) is 9.46. The van der Waals surface area contributed by atoms with Crippen molar-refractivity contribution < 1.29 is 31.4 Å². The number of rotatable bonds is 6. The van der Waals surface area contributed by atoms with Gasteiger partial charge in [-0.1, -0.05) is 6.07 Å². The molecule has 0 bridgehead atoms. The minimum Gasteiger partial charge on any atom is -0.389 e. The normalized spacial score (nSPS) is 14.8. The Morgan fingerprint density at radius 1 is 1.00 bits per heavy atom. The van der Waals surface area contributed by atoms with Crippen molar-refractivity contribution in [2.75, 3.05) is 23.7 Å².